The maximum Gasteiger partial charge on any atom is 0.203 e. The van der Waals surface area contributed by atoms with E-state index in [1.54, 1.807) is 0 Å². The molecule has 0 aliphatic heterocycles. The van der Waals surface area contributed by atoms with Gasteiger partial charge >= 0.3 is 0 Å². The van der Waals surface area contributed by atoms with Crippen LogP contribution in [0.5, 0.6) is 5.75 Å². The summed E-state index contributed by atoms with van der Waals surface area (Å²) >= 11 is 2.24. The number of ketones is 1. The molecule has 0 aliphatic rings. The fraction of sp³-hybridized carbons (Fsp3) is 0.188. The lowest BCUT2D eigenvalue weighted by Gasteiger charge is -2.16. The minimum Gasteiger partial charge on any atom is -0.482 e. The summed E-state index contributed by atoms with van der Waals surface area (Å²) in [6, 6.07) is 17.0. The summed E-state index contributed by atoms with van der Waals surface area (Å²) in [6.07, 6.45) is 0.224. The molecule has 19 heavy (non-hydrogen) atoms. The lowest BCUT2D eigenvalue weighted by atomic mass is 10.0. The first-order chi connectivity index (χ1) is 9.20. The SMILES string of the molecule is CCC(Oc1ccc(I)cc1)C(=O)c1ccccc1. The van der Waals surface area contributed by atoms with E-state index in [0.29, 0.717) is 12.0 Å². The molecule has 0 spiro atoms. The molecule has 0 aromatic heterocycles. The lowest BCUT2D eigenvalue weighted by molar-refractivity contribution is 0.0786. The summed E-state index contributed by atoms with van der Waals surface area (Å²) in [7, 11) is 0. The van der Waals surface area contributed by atoms with Gasteiger partial charge in [-0.15, -0.1) is 0 Å². The van der Waals surface area contributed by atoms with Gasteiger partial charge in [0.05, 0.1) is 0 Å². The highest BCUT2D eigenvalue weighted by Gasteiger charge is 2.19. The molecule has 0 bridgehead atoms. The van der Waals surface area contributed by atoms with Crippen LogP contribution in [0, 0.1) is 3.57 Å². The van der Waals surface area contributed by atoms with Crippen molar-refractivity contribution in [3.63, 3.8) is 0 Å². The molecule has 2 aromatic rings. The van der Waals surface area contributed by atoms with Gasteiger partial charge in [-0.2, -0.15) is 0 Å². The third kappa shape index (κ3) is 3.80. The van der Waals surface area contributed by atoms with Crippen molar-refractivity contribution in [2.45, 2.75) is 19.4 Å². The molecular formula is C16H15IO2. The summed E-state index contributed by atoms with van der Waals surface area (Å²) in [5.41, 5.74) is 0.694. The first-order valence-corrected chi connectivity index (χ1v) is 7.30. The second kappa shape index (κ2) is 6.70. The highest BCUT2D eigenvalue weighted by Crippen LogP contribution is 2.18. The van der Waals surface area contributed by atoms with Crippen LogP contribution in [0.15, 0.2) is 54.6 Å². The van der Waals surface area contributed by atoms with Crippen LogP contribution in [0.2, 0.25) is 0 Å². The number of ether oxygens (including phenoxy) is 1. The summed E-state index contributed by atoms with van der Waals surface area (Å²) in [5.74, 6) is 0.762. The van der Waals surface area contributed by atoms with Crippen molar-refractivity contribution in [1.29, 1.82) is 0 Å². The van der Waals surface area contributed by atoms with Crippen LogP contribution in [0.25, 0.3) is 0 Å². The summed E-state index contributed by atoms with van der Waals surface area (Å²) < 4.78 is 6.93. The molecule has 1 atom stereocenters. The third-order valence-electron chi connectivity index (χ3n) is 2.81. The van der Waals surface area contributed by atoms with E-state index in [4.69, 9.17) is 4.74 Å². The van der Waals surface area contributed by atoms with Gasteiger partial charge in [0.1, 0.15) is 5.75 Å². The van der Waals surface area contributed by atoms with E-state index in [1.807, 2.05) is 61.5 Å². The zero-order valence-corrected chi connectivity index (χ0v) is 12.8. The van der Waals surface area contributed by atoms with E-state index in [2.05, 4.69) is 22.6 Å². The smallest absolute Gasteiger partial charge is 0.203 e. The largest absolute Gasteiger partial charge is 0.482 e. The Morgan fingerprint density at radius 2 is 1.74 bits per heavy atom. The maximum atomic E-state index is 12.3. The second-order valence-corrected chi connectivity index (χ2v) is 5.44. The van der Waals surface area contributed by atoms with Crippen molar-refractivity contribution in [3.05, 3.63) is 63.7 Å². The predicted octanol–water partition coefficient (Wildman–Crippen LogP) is 4.33. The molecule has 0 fully saturated rings. The van der Waals surface area contributed by atoms with Gasteiger partial charge in [0.2, 0.25) is 5.78 Å². The maximum absolute atomic E-state index is 12.3. The molecular weight excluding hydrogens is 351 g/mol. The van der Waals surface area contributed by atoms with Crippen LogP contribution in [0.1, 0.15) is 23.7 Å². The molecule has 0 N–H and O–H groups in total. The molecule has 2 nitrogen and oxygen atoms in total. The van der Waals surface area contributed by atoms with Crippen LogP contribution < -0.4 is 4.74 Å². The number of Topliss-reactive ketones (excluding diaryl/α,β-unsaturated/α-hetero) is 1. The van der Waals surface area contributed by atoms with Gasteiger partial charge in [-0.1, -0.05) is 37.3 Å². The molecule has 0 saturated heterocycles. The van der Waals surface area contributed by atoms with Gasteiger partial charge in [-0.25, -0.2) is 0 Å². The van der Waals surface area contributed by atoms with Crippen molar-refractivity contribution >= 4 is 28.4 Å². The summed E-state index contributed by atoms with van der Waals surface area (Å²) in [4.78, 5) is 12.3. The zero-order valence-electron chi connectivity index (χ0n) is 10.7. The number of benzene rings is 2. The van der Waals surface area contributed by atoms with Crippen molar-refractivity contribution < 1.29 is 9.53 Å². The molecule has 0 saturated carbocycles. The average molecular weight is 366 g/mol. The van der Waals surface area contributed by atoms with E-state index in [0.717, 1.165) is 9.32 Å². The van der Waals surface area contributed by atoms with Gasteiger partial charge in [0.15, 0.2) is 6.10 Å². The van der Waals surface area contributed by atoms with Crippen molar-refractivity contribution in [2.75, 3.05) is 0 Å². The predicted molar refractivity (Wildman–Crippen MR) is 84.6 cm³/mol. The van der Waals surface area contributed by atoms with E-state index in [9.17, 15) is 4.79 Å². The standard InChI is InChI=1S/C16H15IO2/c1-2-15(16(18)12-6-4-3-5-7-12)19-14-10-8-13(17)9-11-14/h3-11,15H,2H2,1H3. The van der Waals surface area contributed by atoms with Gasteiger partial charge in [-0.3, -0.25) is 4.79 Å². The van der Waals surface area contributed by atoms with Crippen LogP contribution >= 0.6 is 22.6 Å². The number of hydrogen-bond acceptors (Lipinski definition) is 2. The highest BCUT2D eigenvalue weighted by molar-refractivity contribution is 14.1. The molecule has 98 valence electrons. The summed E-state index contributed by atoms with van der Waals surface area (Å²) in [6.45, 7) is 1.96. The lowest BCUT2D eigenvalue weighted by Crippen LogP contribution is -2.26. The van der Waals surface area contributed by atoms with E-state index in [1.165, 1.54) is 0 Å². The molecule has 3 heteroatoms. The normalized spacial score (nSPS) is 11.9. The zero-order chi connectivity index (χ0) is 13.7. The Kier molecular flexibility index (Phi) is 4.96. The Bertz CT molecular complexity index is 534. The fourth-order valence-electron chi connectivity index (χ4n) is 1.79. The van der Waals surface area contributed by atoms with Crippen molar-refractivity contribution in [2.24, 2.45) is 0 Å². The van der Waals surface area contributed by atoms with E-state index in [-0.39, 0.29) is 5.78 Å². The Morgan fingerprint density at radius 3 is 2.32 bits per heavy atom. The molecule has 0 heterocycles. The van der Waals surface area contributed by atoms with Crippen LogP contribution in [-0.2, 0) is 0 Å². The molecule has 2 aromatic carbocycles. The van der Waals surface area contributed by atoms with Crippen molar-refractivity contribution in [1.82, 2.24) is 0 Å². The molecule has 1 unspecified atom stereocenters. The van der Waals surface area contributed by atoms with Crippen molar-refractivity contribution in [3.8, 4) is 5.75 Å². The molecule has 0 aliphatic carbocycles. The van der Waals surface area contributed by atoms with Gasteiger partial charge < -0.3 is 4.74 Å². The third-order valence-corrected chi connectivity index (χ3v) is 3.53. The minimum atomic E-state index is -0.428. The Morgan fingerprint density at radius 1 is 1.11 bits per heavy atom. The quantitative estimate of drug-likeness (QED) is 0.582. The average Bonchev–Trinajstić information content (AvgIpc) is 2.47. The number of halogens is 1. The number of carbonyl (C=O) groups is 1. The topological polar surface area (TPSA) is 26.3 Å². The Balaban J connectivity index is 2.12. The highest BCUT2D eigenvalue weighted by atomic mass is 127. The summed E-state index contributed by atoms with van der Waals surface area (Å²) in [5, 5.41) is 0. The van der Waals surface area contributed by atoms with Gasteiger partial charge in [0.25, 0.3) is 0 Å². The van der Waals surface area contributed by atoms with Crippen LogP contribution in [-0.4, -0.2) is 11.9 Å². The Labute approximate surface area is 126 Å². The number of hydrogen-bond donors (Lipinski definition) is 0. The molecule has 0 radical (unpaired) electrons. The number of carbonyl (C=O) groups excluding carboxylic acids is 1. The first-order valence-electron chi connectivity index (χ1n) is 6.22. The minimum absolute atomic E-state index is 0.0293. The fourth-order valence-corrected chi connectivity index (χ4v) is 2.15. The van der Waals surface area contributed by atoms with E-state index < -0.39 is 6.10 Å². The monoisotopic (exact) mass is 366 g/mol. The molecule has 0 amide bonds. The second-order valence-electron chi connectivity index (χ2n) is 4.20. The Hall–Kier alpha value is -1.36. The van der Waals surface area contributed by atoms with Gasteiger partial charge in [-0.05, 0) is 53.3 Å². The van der Waals surface area contributed by atoms with Gasteiger partial charge in [0, 0.05) is 9.13 Å². The number of rotatable bonds is 5. The first kappa shape index (κ1) is 14.1. The van der Waals surface area contributed by atoms with E-state index >= 15 is 0 Å². The van der Waals surface area contributed by atoms with Crippen LogP contribution in [0.4, 0.5) is 0 Å². The molecule has 2 rings (SSSR count). The van der Waals surface area contributed by atoms with Crippen LogP contribution in [0.3, 0.4) is 0 Å².